The smallest absolute Gasteiger partial charge is 0.290 e. The molecule has 2 amide bonds. The molecule has 1 aliphatic heterocycles. The zero-order valence-corrected chi connectivity index (χ0v) is 11.5. The first-order valence-electron chi connectivity index (χ1n) is 4.79. The predicted octanol–water partition coefficient (Wildman–Crippen LogP) is 2.92. The normalized spacial score (nSPS) is 17.2. The van der Waals surface area contributed by atoms with Crippen LogP contribution in [-0.4, -0.2) is 18.3 Å². The van der Waals surface area contributed by atoms with Gasteiger partial charge in [-0.15, -0.1) is 0 Å². The van der Waals surface area contributed by atoms with Gasteiger partial charge in [-0.1, -0.05) is 15.9 Å². The molecule has 4 nitrogen and oxygen atoms in total. The standard InChI is InChI=1S/C11H7BrFNO3S/c1-17-8-2-5(6(12)4-7(8)13)3-9-10(15)14-11(16)18-9/h2-4H,1H3,(H,14,15,16). The van der Waals surface area contributed by atoms with Crippen LogP contribution in [-0.2, 0) is 4.79 Å². The van der Waals surface area contributed by atoms with E-state index in [0.29, 0.717) is 10.0 Å². The van der Waals surface area contributed by atoms with Gasteiger partial charge in [-0.05, 0) is 35.5 Å². The number of carbonyl (C=O) groups is 2. The number of imide groups is 1. The van der Waals surface area contributed by atoms with Crippen molar-refractivity contribution in [3.05, 3.63) is 32.9 Å². The van der Waals surface area contributed by atoms with Crippen LogP contribution in [0, 0.1) is 5.82 Å². The Bertz CT molecular complexity index is 574. The van der Waals surface area contributed by atoms with E-state index in [-0.39, 0.29) is 10.7 Å². The van der Waals surface area contributed by atoms with Crippen molar-refractivity contribution in [2.75, 3.05) is 7.11 Å². The van der Waals surface area contributed by atoms with E-state index < -0.39 is 17.0 Å². The molecule has 1 aliphatic rings. The molecule has 0 spiro atoms. The molecule has 1 aromatic rings. The number of hydrogen-bond donors (Lipinski definition) is 1. The molecule has 0 radical (unpaired) electrons. The maximum absolute atomic E-state index is 13.4. The lowest BCUT2D eigenvalue weighted by atomic mass is 10.2. The van der Waals surface area contributed by atoms with Crippen molar-refractivity contribution in [1.82, 2.24) is 5.32 Å². The molecule has 0 unspecified atom stereocenters. The van der Waals surface area contributed by atoms with Gasteiger partial charge in [-0.2, -0.15) is 0 Å². The highest BCUT2D eigenvalue weighted by atomic mass is 79.9. The summed E-state index contributed by atoms with van der Waals surface area (Å²) >= 11 is 3.99. The van der Waals surface area contributed by atoms with Crippen LogP contribution in [0.5, 0.6) is 5.75 Å². The maximum atomic E-state index is 13.4. The molecule has 1 N–H and O–H groups in total. The number of thioether (sulfide) groups is 1. The Hall–Kier alpha value is -1.34. The first kappa shape index (κ1) is 13.1. The SMILES string of the molecule is COc1cc(C=C2SC(=O)NC2=O)c(Br)cc1F. The first-order chi connectivity index (χ1) is 8.51. The van der Waals surface area contributed by atoms with Crippen LogP contribution in [0.3, 0.4) is 0 Å². The van der Waals surface area contributed by atoms with E-state index in [1.807, 2.05) is 0 Å². The molecule has 1 saturated heterocycles. The molecule has 2 rings (SSSR count). The summed E-state index contributed by atoms with van der Waals surface area (Å²) in [6.45, 7) is 0. The van der Waals surface area contributed by atoms with Crippen molar-refractivity contribution < 1.29 is 18.7 Å². The van der Waals surface area contributed by atoms with E-state index in [4.69, 9.17) is 4.74 Å². The lowest BCUT2D eigenvalue weighted by Crippen LogP contribution is -2.17. The molecule has 1 aromatic carbocycles. The molecule has 94 valence electrons. The van der Waals surface area contributed by atoms with Crippen molar-refractivity contribution in [3.8, 4) is 5.75 Å². The summed E-state index contributed by atoms with van der Waals surface area (Å²) in [5.41, 5.74) is 0.556. The topological polar surface area (TPSA) is 55.4 Å². The number of halogens is 2. The van der Waals surface area contributed by atoms with E-state index in [1.54, 1.807) is 0 Å². The number of rotatable bonds is 2. The van der Waals surface area contributed by atoms with E-state index in [9.17, 15) is 14.0 Å². The van der Waals surface area contributed by atoms with Gasteiger partial charge in [0, 0.05) is 4.47 Å². The van der Waals surface area contributed by atoms with Crippen molar-refractivity contribution in [2.45, 2.75) is 0 Å². The average molecular weight is 332 g/mol. The predicted molar refractivity (Wildman–Crippen MR) is 69.8 cm³/mol. The highest BCUT2D eigenvalue weighted by Crippen LogP contribution is 2.31. The Morgan fingerprint density at radius 3 is 2.72 bits per heavy atom. The van der Waals surface area contributed by atoms with Crippen molar-refractivity contribution in [3.63, 3.8) is 0 Å². The third-order valence-electron chi connectivity index (χ3n) is 2.20. The second-order valence-corrected chi connectivity index (χ2v) is 5.23. The molecule has 7 heteroatoms. The average Bonchev–Trinajstić information content (AvgIpc) is 2.61. The molecular weight excluding hydrogens is 325 g/mol. The van der Waals surface area contributed by atoms with E-state index in [2.05, 4.69) is 21.2 Å². The lowest BCUT2D eigenvalue weighted by Gasteiger charge is -2.05. The van der Waals surface area contributed by atoms with Crippen molar-refractivity contribution in [2.24, 2.45) is 0 Å². The molecular formula is C11H7BrFNO3S. The zero-order valence-electron chi connectivity index (χ0n) is 9.12. The second-order valence-electron chi connectivity index (χ2n) is 3.36. The number of amides is 2. The van der Waals surface area contributed by atoms with Crippen LogP contribution in [0.4, 0.5) is 9.18 Å². The van der Waals surface area contributed by atoms with Crippen LogP contribution in [0.1, 0.15) is 5.56 Å². The van der Waals surface area contributed by atoms with Gasteiger partial charge in [0.15, 0.2) is 11.6 Å². The molecule has 1 fully saturated rings. The number of hydrogen-bond acceptors (Lipinski definition) is 4. The summed E-state index contributed by atoms with van der Waals surface area (Å²) in [6.07, 6.45) is 1.50. The molecule has 0 aromatic heterocycles. The largest absolute Gasteiger partial charge is 0.494 e. The van der Waals surface area contributed by atoms with Gasteiger partial charge in [-0.3, -0.25) is 14.9 Å². The Morgan fingerprint density at radius 2 is 2.17 bits per heavy atom. The summed E-state index contributed by atoms with van der Waals surface area (Å²) in [4.78, 5) is 22.6. The summed E-state index contributed by atoms with van der Waals surface area (Å²) < 4.78 is 18.7. The summed E-state index contributed by atoms with van der Waals surface area (Å²) in [6, 6.07) is 2.69. The van der Waals surface area contributed by atoms with E-state index >= 15 is 0 Å². The fourth-order valence-corrected chi connectivity index (χ4v) is 2.48. The van der Waals surface area contributed by atoms with Crippen LogP contribution in [0.2, 0.25) is 0 Å². The summed E-state index contributed by atoms with van der Waals surface area (Å²) in [5.74, 6) is -0.897. The third kappa shape index (κ3) is 2.56. The molecule has 18 heavy (non-hydrogen) atoms. The summed E-state index contributed by atoms with van der Waals surface area (Å²) in [7, 11) is 1.35. The Labute approximate surface area is 115 Å². The van der Waals surface area contributed by atoms with Crippen molar-refractivity contribution >= 4 is 44.9 Å². The highest BCUT2D eigenvalue weighted by Gasteiger charge is 2.25. The molecule has 0 saturated carbocycles. The van der Waals surface area contributed by atoms with E-state index in [0.717, 1.165) is 11.8 Å². The van der Waals surface area contributed by atoms with Gasteiger partial charge in [-0.25, -0.2) is 4.39 Å². The number of nitrogens with one attached hydrogen (secondary N) is 1. The minimum Gasteiger partial charge on any atom is -0.494 e. The summed E-state index contributed by atoms with van der Waals surface area (Å²) in [5, 5.41) is 1.72. The number of carbonyl (C=O) groups excluding carboxylic acids is 2. The number of benzene rings is 1. The van der Waals surface area contributed by atoms with Crippen LogP contribution >= 0.6 is 27.7 Å². The Kier molecular flexibility index (Phi) is 3.72. The zero-order chi connectivity index (χ0) is 13.3. The Balaban J connectivity index is 2.43. The lowest BCUT2D eigenvalue weighted by molar-refractivity contribution is -0.115. The van der Waals surface area contributed by atoms with Crippen LogP contribution in [0.25, 0.3) is 6.08 Å². The van der Waals surface area contributed by atoms with Gasteiger partial charge in [0.05, 0.1) is 12.0 Å². The second kappa shape index (κ2) is 5.11. The molecule has 0 aliphatic carbocycles. The fourth-order valence-electron chi connectivity index (χ4n) is 1.37. The van der Waals surface area contributed by atoms with Gasteiger partial charge in [0.25, 0.3) is 11.1 Å². The van der Waals surface area contributed by atoms with Crippen LogP contribution < -0.4 is 10.1 Å². The van der Waals surface area contributed by atoms with Crippen molar-refractivity contribution in [1.29, 1.82) is 0 Å². The monoisotopic (exact) mass is 331 g/mol. The first-order valence-corrected chi connectivity index (χ1v) is 6.40. The van der Waals surface area contributed by atoms with Gasteiger partial charge in [0.2, 0.25) is 0 Å². The number of methoxy groups -OCH3 is 1. The minimum atomic E-state index is -0.508. The fraction of sp³-hybridized carbons (Fsp3) is 0.0909. The van der Waals surface area contributed by atoms with E-state index in [1.165, 1.54) is 25.3 Å². The van der Waals surface area contributed by atoms with Gasteiger partial charge < -0.3 is 4.74 Å². The van der Waals surface area contributed by atoms with Crippen LogP contribution in [0.15, 0.2) is 21.5 Å². The maximum Gasteiger partial charge on any atom is 0.290 e. The third-order valence-corrected chi connectivity index (χ3v) is 3.70. The highest BCUT2D eigenvalue weighted by molar-refractivity contribution is 9.10. The molecule has 1 heterocycles. The van der Waals surface area contributed by atoms with Gasteiger partial charge >= 0.3 is 0 Å². The quantitative estimate of drug-likeness (QED) is 0.846. The van der Waals surface area contributed by atoms with Gasteiger partial charge in [0.1, 0.15) is 0 Å². The molecule has 0 atom stereocenters. The molecule has 0 bridgehead atoms. The minimum absolute atomic E-state index is 0.0692. The number of ether oxygens (including phenoxy) is 1. The Morgan fingerprint density at radius 1 is 1.44 bits per heavy atom.